The Morgan fingerprint density at radius 2 is 1.68 bits per heavy atom. The topological polar surface area (TPSA) is 66.5 Å². The number of rotatable bonds is 7. The first-order valence-electron chi connectivity index (χ1n) is 8.31. The second kappa shape index (κ2) is 8.16. The van der Waals surface area contributed by atoms with Crippen molar-refractivity contribution in [1.82, 2.24) is 5.32 Å². The Balaban J connectivity index is 2.35. The van der Waals surface area contributed by atoms with Gasteiger partial charge >= 0.3 is 0 Å². The van der Waals surface area contributed by atoms with Crippen molar-refractivity contribution < 1.29 is 13.2 Å². The number of benzene rings is 2. The molecule has 1 amide bonds. The Morgan fingerprint density at radius 3 is 2.32 bits per heavy atom. The van der Waals surface area contributed by atoms with E-state index in [0.717, 1.165) is 17.1 Å². The van der Waals surface area contributed by atoms with Crippen LogP contribution in [0.4, 0.5) is 5.69 Å². The Bertz CT molecular complexity index is 820. The average Bonchev–Trinajstić information content (AvgIpc) is 2.62. The molecule has 6 heteroatoms. The van der Waals surface area contributed by atoms with Crippen molar-refractivity contribution in [1.29, 1.82) is 0 Å². The second-order valence-corrected chi connectivity index (χ2v) is 7.94. The number of carbonyl (C=O) groups is 1. The molecule has 0 unspecified atom stereocenters. The van der Waals surface area contributed by atoms with E-state index in [1.807, 2.05) is 6.92 Å². The van der Waals surface area contributed by atoms with Crippen molar-refractivity contribution >= 4 is 21.6 Å². The average molecular weight is 360 g/mol. The number of amides is 1. The second-order valence-electron chi connectivity index (χ2n) is 5.97. The van der Waals surface area contributed by atoms with E-state index < -0.39 is 10.0 Å². The molecule has 0 saturated heterocycles. The number of nitrogens with one attached hydrogen (secondary N) is 1. The Kier molecular flexibility index (Phi) is 6.20. The van der Waals surface area contributed by atoms with Crippen molar-refractivity contribution in [2.75, 3.05) is 11.4 Å². The van der Waals surface area contributed by atoms with E-state index >= 15 is 0 Å². The zero-order chi connectivity index (χ0) is 18.4. The third-order valence-electron chi connectivity index (χ3n) is 3.99. The van der Waals surface area contributed by atoms with Gasteiger partial charge in [0.25, 0.3) is 15.9 Å². The summed E-state index contributed by atoms with van der Waals surface area (Å²) in [7, 11) is -2.27. The van der Waals surface area contributed by atoms with Crippen molar-refractivity contribution in [3.05, 3.63) is 60.2 Å². The molecule has 0 aliphatic rings. The fraction of sp³-hybridized carbons (Fsp3) is 0.316. The number of hydrogen-bond acceptors (Lipinski definition) is 3. The molecular weight excluding hydrogens is 336 g/mol. The lowest BCUT2D eigenvalue weighted by Gasteiger charge is -2.23. The molecule has 5 nitrogen and oxygen atoms in total. The zero-order valence-corrected chi connectivity index (χ0v) is 15.6. The molecule has 0 aliphatic heterocycles. The van der Waals surface area contributed by atoms with Crippen LogP contribution in [0.15, 0.2) is 59.5 Å². The fourth-order valence-electron chi connectivity index (χ4n) is 2.63. The number of sulfonamides is 1. The molecule has 2 rings (SSSR count). The van der Waals surface area contributed by atoms with Gasteiger partial charge < -0.3 is 5.32 Å². The number of carbonyl (C=O) groups excluding carboxylic acids is 1. The summed E-state index contributed by atoms with van der Waals surface area (Å²) in [5, 5.41) is 2.92. The van der Waals surface area contributed by atoms with Crippen LogP contribution in [0.25, 0.3) is 0 Å². The third kappa shape index (κ3) is 4.39. The van der Waals surface area contributed by atoms with Crippen LogP contribution < -0.4 is 9.62 Å². The van der Waals surface area contributed by atoms with Gasteiger partial charge in [-0.3, -0.25) is 9.10 Å². The quantitative estimate of drug-likeness (QED) is 0.822. The van der Waals surface area contributed by atoms with Gasteiger partial charge in [0.2, 0.25) is 0 Å². The van der Waals surface area contributed by atoms with E-state index in [9.17, 15) is 13.2 Å². The van der Waals surface area contributed by atoms with E-state index in [0.29, 0.717) is 11.3 Å². The van der Waals surface area contributed by atoms with Gasteiger partial charge in [0.1, 0.15) is 0 Å². The minimum Gasteiger partial charge on any atom is -0.350 e. The summed E-state index contributed by atoms with van der Waals surface area (Å²) in [4.78, 5) is 12.8. The summed E-state index contributed by atoms with van der Waals surface area (Å²) in [6.45, 7) is 3.99. The number of para-hydroxylation sites is 1. The van der Waals surface area contributed by atoms with Gasteiger partial charge in [-0.25, -0.2) is 8.42 Å². The lowest BCUT2D eigenvalue weighted by molar-refractivity contribution is 0.0939. The lowest BCUT2D eigenvalue weighted by Crippen LogP contribution is -2.34. The van der Waals surface area contributed by atoms with Gasteiger partial charge in [0.15, 0.2) is 0 Å². The molecule has 0 radical (unpaired) electrons. The Labute approximate surface area is 149 Å². The van der Waals surface area contributed by atoms with Crippen molar-refractivity contribution in [3.8, 4) is 0 Å². The molecule has 0 aliphatic carbocycles. The summed E-state index contributed by atoms with van der Waals surface area (Å²) in [5.74, 6) is -0.272. The van der Waals surface area contributed by atoms with E-state index in [-0.39, 0.29) is 16.8 Å². The highest BCUT2D eigenvalue weighted by Crippen LogP contribution is 2.25. The molecule has 0 bridgehead atoms. The van der Waals surface area contributed by atoms with Gasteiger partial charge in [0.05, 0.1) is 16.1 Å². The van der Waals surface area contributed by atoms with Gasteiger partial charge in [-0.1, -0.05) is 43.7 Å². The molecular formula is C19H24N2O3S. The smallest absolute Gasteiger partial charge is 0.264 e. The zero-order valence-electron chi connectivity index (χ0n) is 14.8. The van der Waals surface area contributed by atoms with E-state index in [2.05, 4.69) is 12.2 Å². The highest BCUT2D eigenvalue weighted by Gasteiger charge is 2.25. The van der Waals surface area contributed by atoms with Crippen LogP contribution in [0, 0.1) is 0 Å². The van der Waals surface area contributed by atoms with Gasteiger partial charge in [-0.2, -0.15) is 0 Å². The van der Waals surface area contributed by atoms with Crippen LogP contribution >= 0.6 is 0 Å². The summed E-state index contributed by atoms with van der Waals surface area (Å²) in [5.41, 5.74) is 0.694. The first kappa shape index (κ1) is 19.0. The maximum absolute atomic E-state index is 12.8. The SMILES string of the molecule is CCC[C@H](C)NC(=O)c1ccccc1N(C)S(=O)(=O)c1ccccc1. The molecule has 2 aromatic carbocycles. The molecule has 0 saturated carbocycles. The van der Waals surface area contributed by atoms with Crippen LogP contribution in [0.5, 0.6) is 0 Å². The minimum atomic E-state index is -3.73. The monoisotopic (exact) mass is 360 g/mol. The minimum absolute atomic E-state index is 0.0293. The largest absolute Gasteiger partial charge is 0.350 e. The highest BCUT2D eigenvalue weighted by molar-refractivity contribution is 7.92. The predicted octanol–water partition coefficient (Wildman–Crippen LogP) is 3.43. The maximum Gasteiger partial charge on any atom is 0.264 e. The molecule has 0 spiro atoms. The first-order chi connectivity index (χ1) is 11.9. The molecule has 1 N–H and O–H groups in total. The van der Waals surface area contributed by atoms with E-state index in [4.69, 9.17) is 0 Å². The molecule has 2 aromatic rings. The van der Waals surface area contributed by atoms with E-state index in [1.165, 1.54) is 19.2 Å². The Hall–Kier alpha value is -2.34. The van der Waals surface area contributed by atoms with Crippen molar-refractivity contribution in [2.45, 2.75) is 37.6 Å². The fourth-order valence-corrected chi connectivity index (χ4v) is 3.86. The van der Waals surface area contributed by atoms with Crippen LogP contribution in [-0.2, 0) is 10.0 Å². The van der Waals surface area contributed by atoms with Crippen LogP contribution in [0.2, 0.25) is 0 Å². The molecule has 0 fully saturated rings. The lowest BCUT2D eigenvalue weighted by atomic mass is 10.1. The van der Waals surface area contributed by atoms with Crippen molar-refractivity contribution in [3.63, 3.8) is 0 Å². The summed E-state index contributed by atoms with van der Waals surface area (Å²) in [6, 6.07) is 14.9. The molecule has 0 aromatic heterocycles. The first-order valence-corrected chi connectivity index (χ1v) is 9.75. The Morgan fingerprint density at radius 1 is 1.08 bits per heavy atom. The summed E-state index contributed by atoms with van der Waals surface area (Å²) < 4.78 is 26.8. The molecule has 25 heavy (non-hydrogen) atoms. The van der Waals surface area contributed by atoms with Crippen molar-refractivity contribution in [2.24, 2.45) is 0 Å². The standard InChI is InChI=1S/C19H24N2O3S/c1-4-10-15(2)20-19(22)17-13-8-9-14-18(17)21(3)25(23,24)16-11-6-5-7-12-16/h5-9,11-15H,4,10H2,1-3H3,(H,20,22)/t15-/m0/s1. The highest BCUT2D eigenvalue weighted by atomic mass is 32.2. The molecule has 0 heterocycles. The maximum atomic E-state index is 12.8. The van der Waals surface area contributed by atoms with Crippen LogP contribution in [-0.4, -0.2) is 27.4 Å². The normalized spacial score (nSPS) is 12.4. The predicted molar refractivity (Wildman–Crippen MR) is 100 cm³/mol. The third-order valence-corrected chi connectivity index (χ3v) is 5.77. The molecule has 1 atom stereocenters. The van der Waals surface area contributed by atoms with Crippen LogP contribution in [0.1, 0.15) is 37.0 Å². The summed E-state index contributed by atoms with van der Waals surface area (Å²) in [6.07, 6.45) is 1.83. The number of anilines is 1. The van der Waals surface area contributed by atoms with Gasteiger partial charge in [-0.05, 0) is 37.6 Å². The molecule has 134 valence electrons. The van der Waals surface area contributed by atoms with Crippen LogP contribution in [0.3, 0.4) is 0 Å². The number of nitrogens with zero attached hydrogens (tertiary/aromatic N) is 1. The van der Waals surface area contributed by atoms with Gasteiger partial charge in [0, 0.05) is 13.1 Å². The van der Waals surface area contributed by atoms with Gasteiger partial charge in [-0.15, -0.1) is 0 Å². The van der Waals surface area contributed by atoms with E-state index in [1.54, 1.807) is 42.5 Å². The number of hydrogen-bond donors (Lipinski definition) is 1. The summed E-state index contributed by atoms with van der Waals surface area (Å²) >= 11 is 0.